The van der Waals surface area contributed by atoms with Crippen molar-refractivity contribution in [2.75, 3.05) is 6.54 Å². The Kier molecular flexibility index (Phi) is 4.54. The zero-order chi connectivity index (χ0) is 14.7. The van der Waals surface area contributed by atoms with E-state index in [1.807, 2.05) is 12.4 Å². The third-order valence-electron chi connectivity index (χ3n) is 5.11. The van der Waals surface area contributed by atoms with Crippen LogP contribution in [0.2, 0.25) is 0 Å². The lowest BCUT2D eigenvalue weighted by Gasteiger charge is -2.26. The Morgan fingerprint density at radius 1 is 1.24 bits per heavy atom. The highest BCUT2D eigenvalue weighted by molar-refractivity contribution is 5.85. The summed E-state index contributed by atoms with van der Waals surface area (Å²) in [5.74, 6) is 1.69. The highest BCUT2D eigenvalue weighted by atomic mass is 14.9. The molecule has 1 aliphatic rings. The summed E-state index contributed by atoms with van der Waals surface area (Å²) in [4.78, 5) is 4.35. The molecular weight excluding hydrogens is 256 g/mol. The van der Waals surface area contributed by atoms with E-state index in [1.165, 1.54) is 42.0 Å². The fourth-order valence-corrected chi connectivity index (χ4v) is 3.95. The summed E-state index contributed by atoms with van der Waals surface area (Å²) in [5, 5.41) is 6.36. The molecule has 2 nitrogen and oxygen atoms in total. The van der Waals surface area contributed by atoms with Crippen molar-refractivity contribution in [1.82, 2.24) is 10.3 Å². The van der Waals surface area contributed by atoms with Crippen molar-refractivity contribution in [2.24, 2.45) is 11.8 Å². The van der Waals surface area contributed by atoms with Gasteiger partial charge in [-0.1, -0.05) is 44.9 Å². The van der Waals surface area contributed by atoms with Gasteiger partial charge in [0, 0.05) is 23.8 Å². The monoisotopic (exact) mass is 282 g/mol. The number of aromatic nitrogens is 1. The quantitative estimate of drug-likeness (QED) is 0.859. The standard InChI is InChI=1S/C19H26N2/c1-3-14-8-9-16(12-14)19(21-4-2)17-7-5-6-15-10-11-20-13-18(15)17/h5-7,10-11,13-14,16,19,21H,3-4,8-9,12H2,1-2H3. The molecule has 0 bridgehead atoms. The van der Waals surface area contributed by atoms with Crippen molar-refractivity contribution in [3.05, 3.63) is 42.2 Å². The van der Waals surface area contributed by atoms with Crippen molar-refractivity contribution < 1.29 is 0 Å². The second-order valence-corrected chi connectivity index (χ2v) is 6.33. The first-order chi connectivity index (χ1) is 10.3. The molecule has 1 aromatic heterocycles. The second-order valence-electron chi connectivity index (χ2n) is 6.33. The molecule has 1 aliphatic carbocycles. The van der Waals surface area contributed by atoms with Crippen LogP contribution in [-0.2, 0) is 0 Å². The van der Waals surface area contributed by atoms with Crippen LogP contribution in [0.25, 0.3) is 10.8 Å². The summed E-state index contributed by atoms with van der Waals surface area (Å²) in [5.41, 5.74) is 1.43. The summed E-state index contributed by atoms with van der Waals surface area (Å²) in [7, 11) is 0. The first-order valence-electron chi connectivity index (χ1n) is 8.39. The van der Waals surface area contributed by atoms with Gasteiger partial charge in [-0.25, -0.2) is 0 Å². The molecule has 1 heterocycles. The largest absolute Gasteiger partial charge is 0.310 e. The zero-order valence-corrected chi connectivity index (χ0v) is 13.2. The van der Waals surface area contributed by atoms with E-state index in [9.17, 15) is 0 Å². The Balaban J connectivity index is 1.96. The van der Waals surface area contributed by atoms with Crippen LogP contribution < -0.4 is 5.32 Å². The van der Waals surface area contributed by atoms with Gasteiger partial charge in [0.05, 0.1) is 0 Å². The molecule has 1 N–H and O–H groups in total. The summed E-state index contributed by atoms with van der Waals surface area (Å²) in [6.07, 6.45) is 9.36. The van der Waals surface area contributed by atoms with Crippen LogP contribution in [0.3, 0.4) is 0 Å². The Morgan fingerprint density at radius 2 is 2.14 bits per heavy atom. The number of pyridine rings is 1. The highest BCUT2D eigenvalue weighted by Crippen LogP contribution is 2.41. The van der Waals surface area contributed by atoms with Gasteiger partial charge >= 0.3 is 0 Å². The van der Waals surface area contributed by atoms with E-state index >= 15 is 0 Å². The van der Waals surface area contributed by atoms with Gasteiger partial charge in [-0.2, -0.15) is 0 Å². The molecule has 0 amide bonds. The van der Waals surface area contributed by atoms with Crippen LogP contribution in [0.4, 0.5) is 0 Å². The molecule has 3 rings (SSSR count). The van der Waals surface area contributed by atoms with Crippen molar-refractivity contribution >= 4 is 10.8 Å². The Bertz CT molecular complexity index is 588. The molecule has 21 heavy (non-hydrogen) atoms. The predicted octanol–water partition coefficient (Wildman–Crippen LogP) is 4.71. The molecule has 0 aliphatic heterocycles. The molecule has 1 saturated carbocycles. The number of benzene rings is 1. The third kappa shape index (κ3) is 2.96. The predicted molar refractivity (Wildman–Crippen MR) is 89.3 cm³/mol. The van der Waals surface area contributed by atoms with Gasteiger partial charge in [-0.3, -0.25) is 4.98 Å². The maximum absolute atomic E-state index is 4.35. The summed E-state index contributed by atoms with van der Waals surface area (Å²) in [6, 6.07) is 9.25. The topological polar surface area (TPSA) is 24.9 Å². The van der Waals surface area contributed by atoms with E-state index in [0.717, 1.165) is 18.4 Å². The van der Waals surface area contributed by atoms with Gasteiger partial charge in [0.15, 0.2) is 0 Å². The maximum atomic E-state index is 4.35. The molecule has 1 fully saturated rings. The summed E-state index contributed by atoms with van der Waals surface area (Å²) >= 11 is 0. The van der Waals surface area contributed by atoms with Crippen LogP contribution in [0.15, 0.2) is 36.7 Å². The SMILES string of the molecule is CCNC(c1cccc2ccncc12)C1CCC(CC)C1. The first-order valence-corrected chi connectivity index (χ1v) is 8.39. The van der Waals surface area contributed by atoms with Gasteiger partial charge in [-0.15, -0.1) is 0 Å². The van der Waals surface area contributed by atoms with Crippen molar-refractivity contribution in [2.45, 2.75) is 45.6 Å². The fraction of sp³-hybridized carbons (Fsp3) is 0.526. The molecule has 0 saturated heterocycles. The number of fused-ring (bicyclic) bond motifs is 1. The fourth-order valence-electron chi connectivity index (χ4n) is 3.95. The molecule has 2 aromatic rings. The lowest BCUT2D eigenvalue weighted by Crippen LogP contribution is -2.27. The molecule has 2 heteroatoms. The lowest BCUT2D eigenvalue weighted by atomic mass is 9.88. The van der Waals surface area contributed by atoms with Crippen molar-refractivity contribution in [3.8, 4) is 0 Å². The third-order valence-corrected chi connectivity index (χ3v) is 5.11. The highest BCUT2D eigenvalue weighted by Gasteiger charge is 2.31. The van der Waals surface area contributed by atoms with Gasteiger partial charge in [0.1, 0.15) is 0 Å². The number of hydrogen-bond acceptors (Lipinski definition) is 2. The average molecular weight is 282 g/mol. The van der Waals surface area contributed by atoms with E-state index < -0.39 is 0 Å². The van der Waals surface area contributed by atoms with Gasteiger partial charge in [0.25, 0.3) is 0 Å². The minimum atomic E-state index is 0.472. The summed E-state index contributed by atoms with van der Waals surface area (Å²) < 4.78 is 0. The maximum Gasteiger partial charge on any atom is 0.0355 e. The van der Waals surface area contributed by atoms with E-state index in [1.54, 1.807) is 0 Å². The van der Waals surface area contributed by atoms with E-state index in [-0.39, 0.29) is 0 Å². The zero-order valence-electron chi connectivity index (χ0n) is 13.2. The number of nitrogens with one attached hydrogen (secondary N) is 1. The van der Waals surface area contributed by atoms with E-state index in [0.29, 0.717) is 6.04 Å². The Morgan fingerprint density at radius 3 is 2.90 bits per heavy atom. The van der Waals surface area contributed by atoms with Crippen LogP contribution in [0, 0.1) is 11.8 Å². The van der Waals surface area contributed by atoms with E-state index in [2.05, 4.69) is 48.4 Å². The molecule has 0 radical (unpaired) electrons. The number of rotatable bonds is 5. The molecule has 3 atom stereocenters. The van der Waals surface area contributed by atoms with Crippen molar-refractivity contribution in [3.63, 3.8) is 0 Å². The minimum absolute atomic E-state index is 0.472. The van der Waals surface area contributed by atoms with Gasteiger partial charge < -0.3 is 5.32 Å². The number of nitrogens with zero attached hydrogens (tertiary/aromatic N) is 1. The minimum Gasteiger partial charge on any atom is -0.310 e. The smallest absolute Gasteiger partial charge is 0.0355 e. The number of hydrogen-bond donors (Lipinski definition) is 1. The second kappa shape index (κ2) is 6.57. The normalized spacial score (nSPS) is 23.5. The van der Waals surface area contributed by atoms with Gasteiger partial charge in [-0.05, 0) is 48.2 Å². The molecular formula is C19H26N2. The average Bonchev–Trinajstić information content (AvgIpc) is 3.01. The van der Waals surface area contributed by atoms with Crippen LogP contribution in [-0.4, -0.2) is 11.5 Å². The first kappa shape index (κ1) is 14.5. The van der Waals surface area contributed by atoms with Crippen LogP contribution >= 0.6 is 0 Å². The Labute approximate surface area is 128 Å². The summed E-state index contributed by atoms with van der Waals surface area (Å²) in [6.45, 7) is 5.56. The molecule has 0 spiro atoms. The van der Waals surface area contributed by atoms with Crippen LogP contribution in [0.1, 0.15) is 51.1 Å². The van der Waals surface area contributed by atoms with Crippen LogP contribution in [0.5, 0.6) is 0 Å². The van der Waals surface area contributed by atoms with E-state index in [4.69, 9.17) is 0 Å². The molecule has 112 valence electrons. The Hall–Kier alpha value is -1.41. The lowest BCUT2D eigenvalue weighted by molar-refractivity contribution is 0.361. The van der Waals surface area contributed by atoms with Crippen molar-refractivity contribution in [1.29, 1.82) is 0 Å². The molecule has 3 unspecified atom stereocenters. The van der Waals surface area contributed by atoms with Gasteiger partial charge in [0.2, 0.25) is 0 Å². The molecule has 1 aromatic carbocycles.